The molecule has 0 amide bonds. The Labute approximate surface area is 102 Å². The van der Waals surface area contributed by atoms with Crippen LogP contribution in [0.2, 0.25) is 0 Å². The van der Waals surface area contributed by atoms with Crippen molar-refractivity contribution in [2.45, 2.75) is 30.7 Å². The lowest BCUT2D eigenvalue weighted by molar-refractivity contribution is -0.170. The molecule has 0 spiro atoms. The number of aliphatic hydroxyl groups is 1. The van der Waals surface area contributed by atoms with Gasteiger partial charge in [-0.2, -0.15) is 12.6 Å². The molecule has 0 aromatic heterocycles. The first-order chi connectivity index (χ1) is 7.51. The highest BCUT2D eigenvalue weighted by molar-refractivity contribution is 7.80. The fraction of sp³-hybridized carbons (Fsp3) is 0.625. The minimum absolute atomic E-state index is 0.0278. The number of carboxylic acids is 3. The third-order valence-electron chi connectivity index (χ3n) is 1.29. The number of rotatable bonds is 5. The molecule has 0 aromatic carbocycles. The summed E-state index contributed by atoms with van der Waals surface area (Å²) in [7, 11) is 0. The summed E-state index contributed by atoms with van der Waals surface area (Å²) >= 11 is 3.74. The van der Waals surface area contributed by atoms with Crippen molar-refractivity contribution in [3.8, 4) is 0 Å². The van der Waals surface area contributed by atoms with E-state index >= 15 is 0 Å². The molecule has 0 saturated carbocycles. The first-order valence-corrected chi connectivity index (χ1v) is 4.86. The Bertz CT molecular complexity index is 273. The van der Waals surface area contributed by atoms with E-state index in [0.29, 0.717) is 0 Å². The summed E-state index contributed by atoms with van der Waals surface area (Å²) in [6, 6.07) is 0. The van der Waals surface area contributed by atoms with E-state index in [9.17, 15) is 14.4 Å². The summed E-state index contributed by atoms with van der Waals surface area (Å²) in [6.45, 7) is 1.81. The van der Waals surface area contributed by atoms with E-state index in [1.165, 1.54) is 0 Å². The molecule has 0 aliphatic carbocycles. The van der Waals surface area contributed by atoms with Crippen molar-refractivity contribution < 1.29 is 34.8 Å². The molecule has 0 aliphatic rings. The molecule has 0 bridgehead atoms. The molecular weight excluding hydrogens is 254 g/mol. The highest BCUT2D eigenvalue weighted by Gasteiger charge is 2.40. The average molecular weight is 269 g/mol. The van der Waals surface area contributed by atoms with E-state index in [1.807, 2.05) is 6.92 Å². The normalized spacial score (nSPS) is 12.0. The van der Waals surface area contributed by atoms with Crippen molar-refractivity contribution in [2.75, 3.05) is 0 Å². The summed E-state index contributed by atoms with van der Waals surface area (Å²) in [5.74, 6) is -5.02. The van der Waals surface area contributed by atoms with Crippen molar-refractivity contribution in [2.24, 2.45) is 5.73 Å². The second-order valence-electron chi connectivity index (χ2n) is 3.22. The van der Waals surface area contributed by atoms with Gasteiger partial charge in [-0.15, -0.1) is 0 Å². The Kier molecular flexibility index (Phi) is 8.36. The molecule has 100 valence electrons. The number of carboxylic acid groups (broad SMARTS) is 3. The highest BCUT2D eigenvalue weighted by Crippen LogP contribution is 2.15. The molecule has 0 aromatic rings. The van der Waals surface area contributed by atoms with E-state index < -0.39 is 36.4 Å². The Morgan fingerprint density at radius 1 is 1.18 bits per heavy atom. The molecule has 1 atom stereocenters. The van der Waals surface area contributed by atoms with Crippen LogP contribution in [0, 0.1) is 0 Å². The van der Waals surface area contributed by atoms with Crippen molar-refractivity contribution in [1.29, 1.82) is 0 Å². The number of hydrogen-bond donors (Lipinski definition) is 6. The summed E-state index contributed by atoms with van der Waals surface area (Å²) in [6.07, 6.45) is -2.29. The number of aliphatic carboxylic acids is 3. The zero-order valence-corrected chi connectivity index (χ0v) is 9.92. The van der Waals surface area contributed by atoms with Gasteiger partial charge in [-0.1, -0.05) is 0 Å². The second kappa shape index (κ2) is 7.87. The number of nitrogens with two attached hydrogens (primary N) is 1. The van der Waals surface area contributed by atoms with Crippen LogP contribution in [-0.4, -0.2) is 49.3 Å². The van der Waals surface area contributed by atoms with Crippen molar-refractivity contribution in [3.63, 3.8) is 0 Å². The fourth-order valence-electron chi connectivity index (χ4n) is 0.714. The molecule has 17 heavy (non-hydrogen) atoms. The van der Waals surface area contributed by atoms with Crippen LogP contribution in [0.3, 0.4) is 0 Å². The zero-order chi connectivity index (χ0) is 14.2. The standard InChI is InChI=1S/C6H8O7.C2H7NS/c7-3(8)1-6(13,5(11)12)2-4(9)10;1-2(3)4/h13H,1-2H2,(H,7,8)(H,9,10)(H,11,12);2,4H,3H2,1H3. The highest BCUT2D eigenvalue weighted by atomic mass is 32.1. The predicted molar refractivity (Wildman–Crippen MR) is 59.7 cm³/mol. The van der Waals surface area contributed by atoms with Gasteiger partial charge in [-0.3, -0.25) is 9.59 Å². The van der Waals surface area contributed by atoms with Crippen LogP contribution in [0.25, 0.3) is 0 Å². The van der Waals surface area contributed by atoms with Gasteiger partial charge in [0.15, 0.2) is 5.60 Å². The average Bonchev–Trinajstić information content (AvgIpc) is 1.98. The molecule has 0 radical (unpaired) electrons. The second-order valence-corrected chi connectivity index (χ2v) is 4.03. The van der Waals surface area contributed by atoms with Gasteiger partial charge in [-0.05, 0) is 6.92 Å². The quantitative estimate of drug-likeness (QED) is 0.273. The molecule has 8 nitrogen and oxygen atoms in total. The van der Waals surface area contributed by atoms with Gasteiger partial charge >= 0.3 is 17.9 Å². The van der Waals surface area contributed by atoms with Crippen LogP contribution in [0.1, 0.15) is 19.8 Å². The number of thiol groups is 1. The topological polar surface area (TPSA) is 158 Å². The van der Waals surface area contributed by atoms with Crippen molar-refractivity contribution in [1.82, 2.24) is 0 Å². The van der Waals surface area contributed by atoms with E-state index in [2.05, 4.69) is 12.6 Å². The molecule has 0 aliphatic heterocycles. The summed E-state index contributed by atoms with van der Waals surface area (Å²) in [4.78, 5) is 30.5. The molecular formula is C8H15NO7S. The summed E-state index contributed by atoms with van der Waals surface area (Å²) in [5, 5.41) is 33.8. The fourth-order valence-corrected chi connectivity index (χ4v) is 0.714. The summed E-state index contributed by atoms with van der Waals surface area (Å²) < 4.78 is 0. The molecule has 9 heteroatoms. The monoisotopic (exact) mass is 269 g/mol. The van der Waals surface area contributed by atoms with Crippen LogP contribution in [-0.2, 0) is 14.4 Å². The molecule has 0 heterocycles. The number of hydrogen-bond acceptors (Lipinski definition) is 6. The minimum atomic E-state index is -2.74. The smallest absolute Gasteiger partial charge is 0.336 e. The lowest BCUT2D eigenvalue weighted by Crippen LogP contribution is -2.42. The SMILES string of the molecule is CC(N)S.O=C(O)CC(O)(CC(=O)O)C(=O)O. The Balaban J connectivity index is 0. The van der Waals surface area contributed by atoms with Gasteiger partial charge in [0.05, 0.1) is 12.8 Å². The predicted octanol–water partition coefficient (Wildman–Crippen LogP) is -1.03. The lowest BCUT2D eigenvalue weighted by atomic mass is 9.96. The Morgan fingerprint density at radius 2 is 1.41 bits per heavy atom. The molecule has 0 fully saturated rings. The van der Waals surface area contributed by atoms with E-state index in [0.717, 1.165) is 0 Å². The molecule has 6 N–H and O–H groups in total. The first kappa shape index (κ1) is 18.1. The maximum atomic E-state index is 10.3. The molecule has 0 saturated heterocycles. The maximum Gasteiger partial charge on any atom is 0.336 e. The Morgan fingerprint density at radius 3 is 1.53 bits per heavy atom. The van der Waals surface area contributed by atoms with E-state index in [-0.39, 0.29) is 5.37 Å². The van der Waals surface area contributed by atoms with Crippen LogP contribution in [0.4, 0.5) is 0 Å². The van der Waals surface area contributed by atoms with Crippen molar-refractivity contribution >= 4 is 30.5 Å². The third kappa shape index (κ3) is 11.0. The van der Waals surface area contributed by atoms with Gasteiger partial charge in [-0.25, -0.2) is 4.79 Å². The summed E-state index contributed by atoms with van der Waals surface area (Å²) in [5.41, 5.74) is 2.24. The van der Waals surface area contributed by atoms with Gasteiger partial charge in [0.25, 0.3) is 0 Å². The first-order valence-electron chi connectivity index (χ1n) is 4.34. The van der Waals surface area contributed by atoms with E-state index in [1.54, 1.807) is 0 Å². The lowest BCUT2D eigenvalue weighted by Gasteiger charge is -2.18. The zero-order valence-electron chi connectivity index (χ0n) is 9.03. The maximum absolute atomic E-state index is 10.3. The molecule has 1 unspecified atom stereocenters. The van der Waals surface area contributed by atoms with Crippen LogP contribution in [0.15, 0.2) is 0 Å². The van der Waals surface area contributed by atoms with Crippen LogP contribution >= 0.6 is 12.6 Å². The van der Waals surface area contributed by atoms with Gasteiger partial charge < -0.3 is 26.2 Å². The van der Waals surface area contributed by atoms with Gasteiger partial charge in [0.1, 0.15) is 0 Å². The largest absolute Gasteiger partial charge is 0.481 e. The van der Waals surface area contributed by atoms with Crippen LogP contribution in [0.5, 0.6) is 0 Å². The third-order valence-corrected chi connectivity index (χ3v) is 1.29. The van der Waals surface area contributed by atoms with Crippen LogP contribution < -0.4 is 5.73 Å². The minimum Gasteiger partial charge on any atom is -0.481 e. The van der Waals surface area contributed by atoms with Gasteiger partial charge in [0.2, 0.25) is 0 Å². The molecule has 0 rings (SSSR count). The Hall–Kier alpha value is -1.32. The van der Waals surface area contributed by atoms with Gasteiger partial charge in [0, 0.05) is 5.37 Å². The van der Waals surface area contributed by atoms with E-state index in [4.69, 9.17) is 26.2 Å². The van der Waals surface area contributed by atoms with Crippen molar-refractivity contribution in [3.05, 3.63) is 0 Å². The number of carbonyl (C=O) groups is 3.